The zero-order valence-corrected chi connectivity index (χ0v) is 15.7. The highest BCUT2D eigenvalue weighted by atomic mass is 16.6. The average Bonchev–Trinajstić information content (AvgIpc) is 2.69. The number of carbonyl (C=O) groups excluding carboxylic acids is 1. The van der Waals surface area contributed by atoms with Crippen LogP contribution < -0.4 is 15.5 Å². The first-order valence-corrected chi connectivity index (χ1v) is 9.38. The van der Waals surface area contributed by atoms with Gasteiger partial charge in [0.25, 0.3) is 0 Å². The standard InChI is InChI=1S/C17H29N7O2/c1-3-21-5-7-22(8-6-21)15-14(18)16(20-13-19-15)23-9-11-24(12-10-23)17(25)26-4-2/h13H,3-12,18H2,1-2H3. The van der Waals surface area contributed by atoms with E-state index in [1.807, 2.05) is 6.92 Å². The van der Waals surface area contributed by atoms with Crippen LogP contribution in [0.1, 0.15) is 13.8 Å². The van der Waals surface area contributed by atoms with E-state index in [1.54, 1.807) is 11.2 Å². The molecule has 0 atom stereocenters. The highest BCUT2D eigenvalue weighted by Gasteiger charge is 2.26. The molecule has 0 spiro atoms. The Morgan fingerprint density at radius 3 is 2.04 bits per heavy atom. The zero-order valence-electron chi connectivity index (χ0n) is 15.7. The van der Waals surface area contributed by atoms with Crippen LogP contribution in [0.2, 0.25) is 0 Å². The Morgan fingerprint density at radius 2 is 1.54 bits per heavy atom. The molecule has 0 bridgehead atoms. The summed E-state index contributed by atoms with van der Waals surface area (Å²) >= 11 is 0. The molecular weight excluding hydrogens is 334 g/mol. The fourth-order valence-corrected chi connectivity index (χ4v) is 3.47. The Morgan fingerprint density at radius 1 is 1.00 bits per heavy atom. The largest absolute Gasteiger partial charge is 0.450 e. The molecule has 2 aliphatic rings. The molecule has 3 rings (SSSR count). The van der Waals surface area contributed by atoms with E-state index in [1.165, 1.54) is 0 Å². The number of amides is 1. The van der Waals surface area contributed by atoms with Gasteiger partial charge in [0.05, 0.1) is 6.61 Å². The Hall–Kier alpha value is -2.29. The second-order valence-electron chi connectivity index (χ2n) is 6.53. The first-order chi connectivity index (χ1) is 12.6. The number of rotatable bonds is 4. The molecular formula is C17H29N7O2. The number of aromatic nitrogens is 2. The Balaban J connectivity index is 1.66. The summed E-state index contributed by atoms with van der Waals surface area (Å²) < 4.78 is 5.07. The Kier molecular flexibility index (Phi) is 5.97. The van der Waals surface area contributed by atoms with Gasteiger partial charge >= 0.3 is 6.09 Å². The maximum atomic E-state index is 11.8. The van der Waals surface area contributed by atoms with Gasteiger partial charge in [0.2, 0.25) is 0 Å². The zero-order chi connectivity index (χ0) is 18.5. The smallest absolute Gasteiger partial charge is 0.409 e. The lowest BCUT2D eigenvalue weighted by Gasteiger charge is -2.37. The van der Waals surface area contributed by atoms with Crippen LogP contribution in [0, 0.1) is 0 Å². The van der Waals surface area contributed by atoms with E-state index in [4.69, 9.17) is 10.5 Å². The lowest BCUT2D eigenvalue weighted by Crippen LogP contribution is -2.49. The number of anilines is 3. The van der Waals surface area contributed by atoms with Crippen molar-refractivity contribution in [3.63, 3.8) is 0 Å². The Labute approximate surface area is 154 Å². The van der Waals surface area contributed by atoms with Crippen molar-refractivity contribution in [3.8, 4) is 0 Å². The first kappa shape index (κ1) is 18.5. The topological polar surface area (TPSA) is 91.1 Å². The van der Waals surface area contributed by atoms with Crippen LogP contribution >= 0.6 is 0 Å². The molecule has 1 aromatic heterocycles. The van der Waals surface area contributed by atoms with Gasteiger partial charge in [0.15, 0.2) is 11.6 Å². The van der Waals surface area contributed by atoms with Gasteiger partial charge in [0, 0.05) is 52.4 Å². The first-order valence-electron chi connectivity index (χ1n) is 9.38. The number of piperazine rings is 2. The highest BCUT2D eigenvalue weighted by molar-refractivity contribution is 5.76. The van der Waals surface area contributed by atoms with E-state index in [2.05, 4.69) is 31.6 Å². The summed E-state index contributed by atoms with van der Waals surface area (Å²) in [5, 5.41) is 0. The maximum absolute atomic E-state index is 11.8. The summed E-state index contributed by atoms with van der Waals surface area (Å²) in [6.45, 7) is 11.9. The number of hydrogen-bond donors (Lipinski definition) is 1. The van der Waals surface area contributed by atoms with Gasteiger partial charge in [-0.05, 0) is 13.5 Å². The van der Waals surface area contributed by atoms with E-state index in [-0.39, 0.29) is 6.09 Å². The molecule has 0 radical (unpaired) electrons. The van der Waals surface area contributed by atoms with Crippen LogP contribution in [0.25, 0.3) is 0 Å². The summed E-state index contributed by atoms with van der Waals surface area (Å²) in [5.41, 5.74) is 7.05. The lowest BCUT2D eigenvalue weighted by molar-refractivity contribution is 0.105. The minimum absolute atomic E-state index is 0.253. The molecule has 9 nitrogen and oxygen atoms in total. The summed E-state index contributed by atoms with van der Waals surface area (Å²) in [5.74, 6) is 1.58. The molecule has 1 amide bonds. The highest BCUT2D eigenvalue weighted by Crippen LogP contribution is 2.30. The van der Waals surface area contributed by atoms with Crippen molar-refractivity contribution in [2.45, 2.75) is 13.8 Å². The Bertz CT molecular complexity index is 611. The van der Waals surface area contributed by atoms with Crippen LogP contribution in [0.5, 0.6) is 0 Å². The quantitative estimate of drug-likeness (QED) is 0.826. The van der Waals surface area contributed by atoms with Crippen molar-refractivity contribution in [2.75, 3.05) is 81.0 Å². The van der Waals surface area contributed by atoms with Gasteiger partial charge in [-0.15, -0.1) is 0 Å². The molecule has 9 heteroatoms. The third-order valence-corrected chi connectivity index (χ3v) is 5.07. The van der Waals surface area contributed by atoms with Crippen molar-refractivity contribution in [3.05, 3.63) is 6.33 Å². The van der Waals surface area contributed by atoms with Crippen molar-refractivity contribution in [1.29, 1.82) is 0 Å². The average molecular weight is 363 g/mol. The van der Waals surface area contributed by atoms with E-state index >= 15 is 0 Å². The number of nitrogen functional groups attached to an aromatic ring is 1. The number of carbonyl (C=O) groups is 1. The SMILES string of the molecule is CCOC(=O)N1CCN(c2ncnc(N3CCN(CC)CC3)c2N)CC1. The van der Waals surface area contributed by atoms with Crippen molar-refractivity contribution < 1.29 is 9.53 Å². The molecule has 0 aliphatic carbocycles. The van der Waals surface area contributed by atoms with Gasteiger partial charge in [-0.3, -0.25) is 0 Å². The van der Waals surface area contributed by atoms with Gasteiger partial charge < -0.3 is 30.1 Å². The van der Waals surface area contributed by atoms with Crippen LogP contribution in [0.4, 0.5) is 22.1 Å². The van der Waals surface area contributed by atoms with Gasteiger partial charge in [0.1, 0.15) is 12.0 Å². The summed E-state index contributed by atoms with van der Waals surface area (Å²) in [4.78, 5) is 29.2. The summed E-state index contributed by atoms with van der Waals surface area (Å²) in [7, 11) is 0. The van der Waals surface area contributed by atoms with Crippen LogP contribution in [0.3, 0.4) is 0 Å². The van der Waals surface area contributed by atoms with Crippen molar-refractivity contribution in [1.82, 2.24) is 19.8 Å². The number of likely N-dealkylation sites (N-methyl/N-ethyl adjacent to an activating group) is 1. The van der Waals surface area contributed by atoms with Crippen molar-refractivity contribution >= 4 is 23.4 Å². The minimum atomic E-state index is -0.253. The molecule has 2 aliphatic heterocycles. The van der Waals surface area contributed by atoms with Gasteiger partial charge in [-0.2, -0.15) is 0 Å². The molecule has 2 saturated heterocycles. The molecule has 2 fully saturated rings. The fraction of sp³-hybridized carbons (Fsp3) is 0.706. The number of hydrogen-bond acceptors (Lipinski definition) is 8. The monoisotopic (exact) mass is 363 g/mol. The second-order valence-corrected chi connectivity index (χ2v) is 6.53. The van der Waals surface area contributed by atoms with E-state index in [0.29, 0.717) is 38.5 Å². The normalized spacial score (nSPS) is 18.9. The van der Waals surface area contributed by atoms with E-state index < -0.39 is 0 Å². The molecule has 26 heavy (non-hydrogen) atoms. The predicted octanol–water partition coefficient (Wildman–Crippen LogP) is 0.479. The molecule has 0 saturated carbocycles. The summed E-state index contributed by atoms with van der Waals surface area (Å²) in [6.07, 6.45) is 1.34. The van der Waals surface area contributed by atoms with Crippen LogP contribution in [-0.4, -0.2) is 91.4 Å². The second kappa shape index (κ2) is 8.39. The van der Waals surface area contributed by atoms with Gasteiger partial charge in [-0.1, -0.05) is 6.92 Å². The molecule has 3 heterocycles. The fourth-order valence-electron chi connectivity index (χ4n) is 3.47. The number of ether oxygens (including phenoxy) is 1. The molecule has 0 unspecified atom stereocenters. The minimum Gasteiger partial charge on any atom is -0.450 e. The van der Waals surface area contributed by atoms with Crippen LogP contribution in [-0.2, 0) is 4.74 Å². The molecule has 144 valence electrons. The predicted molar refractivity (Wildman–Crippen MR) is 102 cm³/mol. The lowest BCUT2D eigenvalue weighted by atomic mass is 10.2. The third-order valence-electron chi connectivity index (χ3n) is 5.07. The van der Waals surface area contributed by atoms with Crippen molar-refractivity contribution in [2.24, 2.45) is 0 Å². The molecule has 0 aromatic carbocycles. The number of nitrogens with two attached hydrogens (primary N) is 1. The third kappa shape index (κ3) is 3.92. The van der Waals surface area contributed by atoms with Gasteiger partial charge in [-0.25, -0.2) is 14.8 Å². The van der Waals surface area contributed by atoms with E-state index in [9.17, 15) is 4.79 Å². The summed E-state index contributed by atoms with van der Waals surface area (Å²) in [6, 6.07) is 0. The number of nitrogens with zero attached hydrogens (tertiary/aromatic N) is 6. The molecule has 2 N–H and O–H groups in total. The van der Waals surface area contributed by atoms with E-state index in [0.717, 1.165) is 44.4 Å². The molecule has 1 aromatic rings. The van der Waals surface area contributed by atoms with Crippen LogP contribution in [0.15, 0.2) is 6.33 Å². The maximum Gasteiger partial charge on any atom is 0.409 e.